The maximum absolute atomic E-state index is 12.2. The van der Waals surface area contributed by atoms with Crippen molar-refractivity contribution in [3.05, 3.63) is 52.1 Å². The molecule has 0 bridgehead atoms. The number of benzene rings is 1. The van der Waals surface area contributed by atoms with Crippen molar-refractivity contribution in [1.29, 1.82) is 0 Å². The number of aryl methyl sites for hydroxylation is 1. The lowest BCUT2D eigenvalue weighted by Crippen LogP contribution is -2.36. The minimum atomic E-state index is -0.535. The van der Waals surface area contributed by atoms with E-state index in [1.165, 1.54) is 18.7 Å². The van der Waals surface area contributed by atoms with Gasteiger partial charge in [0, 0.05) is 11.6 Å². The fourth-order valence-corrected chi connectivity index (χ4v) is 2.04. The Morgan fingerprint density at radius 1 is 1.52 bits per heavy atom. The summed E-state index contributed by atoms with van der Waals surface area (Å²) in [5.74, 6) is -0.474. The number of amides is 1. The van der Waals surface area contributed by atoms with Crippen LogP contribution in [0.15, 0.2) is 30.9 Å². The smallest absolute Gasteiger partial charge is 0.285 e. The highest BCUT2D eigenvalue weighted by molar-refractivity contribution is 5.98. The zero-order valence-corrected chi connectivity index (χ0v) is 11.7. The van der Waals surface area contributed by atoms with E-state index < -0.39 is 10.8 Å². The number of nitrogens with one attached hydrogen (secondary N) is 1. The second-order valence-corrected chi connectivity index (χ2v) is 4.72. The Labute approximate surface area is 121 Å². The second-order valence-electron chi connectivity index (χ2n) is 4.72. The molecule has 2 aromatic rings. The summed E-state index contributed by atoms with van der Waals surface area (Å²) >= 11 is 0. The lowest BCUT2D eigenvalue weighted by Gasteiger charge is -2.14. The summed E-state index contributed by atoms with van der Waals surface area (Å²) < 4.78 is 1.58. The highest BCUT2D eigenvalue weighted by Gasteiger charge is 2.23. The quantitative estimate of drug-likeness (QED) is 0.660. The van der Waals surface area contributed by atoms with Gasteiger partial charge in [0.05, 0.1) is 11.5 Å². The topological polar surface area (TPSA) is 103 Å². The molecule has 0 fully saturated rings. The van der Waals surface area contributed by atoms with Crippen LogP contribution in [0.5, 0.6) is 0 Å². The molecule has 8 nitrogen and oxygen atoms in total. The molecule has 0 aliphatic rings. The van der Waals surface area contributed by atoms with Crippen LogP contribution in [0.2, 0.25) is 0 Å². The molecule has 110 valence electrons. The highest BCUT2D eigenvalue weighted by Crippen LogP contribution is 2.22. The van der Waals surface area contributed by atoms with Crippen LogP contribution in [0.4, 0.5) is 5.69 Å². The number of hydrogen-bond donors (Lipinski definition) is 1. The van der Waals surface area contributed by atoms with Crippen LogP contribution in [-0.4, -0.2) is 31.6 Å². The van der Waals surface area contributed by atoms with Crippen molar-refractivity contribution < 1.29 is 9.72 Å². The van der Waals surface area contributed by atoms with Gasteiger partial charge in [0.1, 0.15) is 18.2 Å². The van der Waals surface area contributed by atoms with Gasteiger partial charge in [0.25, 0.3) is 11.6 Å². The molecule has 1 N–H and O–H groups in total. The Bertz CT molecular complexity index is 654. The van der Waals surface area contributed by atoms with Crippen LogP contribution in [0, 0.1) is 17.0 Å². The zero-order chi connectivity index (χ0) is 15.4. The number of nitrogens with zero attached hydrogens (tertiary/aromatic N) is 4. The molecule has 0 saturated heterocycles. The molecule has 0 aliphatic carbocycles. The van der Waals surface area contributed by atoms with Gasteiger partial charge in [-0.25, -0.2) is 4.98 Å². The number of para-hydroxylation sites is 1. The molecule has 0 saturated carbocycles. The average Bonchev–Trinajstić information content (AvgIpc) is 2.90. The summed E-state index contributed by atoms with van der Waals surface area (Å²) in [7, 11) is 0. The molecule has 0 radical (unpaired) electrons. The number of nitro groups is 1. The summed E-state index contributed by atoms with van der Waals surface area (Å²) in [5, 5.41) is 17.8. The predicted octanol–water partition coefficient (Wildman–Crippen LogP) is 1.31. The molecular weight excluding hydrogens is 274 g/mol. The van der Waals surface area contributed by atoms with Crippen molar-refractivity contribution in [3.8, 4) is 0 Å². The monoisotopic (exact) mass is 289 g/mol. The van der Waals surface area contributed by atoms with E-state index in [0.29, 0.717) is 12.1 Å². The fourth-order valence-electron chi connectivity index (χ4n) is 2.04. The molecule has 2 rings (SSSR count). The van der Waals surface area contributed by atoms with E-state index in [9.17, 15) is 14.9 Å². The molecule has 1 heterocycles. The first-order valence-corrected chi connectivity index (χ1v) is 6.36. The molecule has 8 heteroatoms. The summed E-state index contributed by atoms with van der Waals surface area (Å²) in [6.45, 7) is 3.83. The summed E-state index contributed by atoms with van der Waals surface area (Å²) in [6, 6.07) is 4.44. The molecule has 21 heavy (non-hydrogen) atoms. The summed E-state index contributed by atoms with van der Waals surface area (Å²) in [6.07, 6.45) is 2.94. The van der Waals surface area contributed by atoms with E-state index in [4.69, 9.17) is 0 Å². The van der Waals surface area contributed by atoms with Gasteiger partial charge in [-0.3, -0.25) is 19.6 Å². The second kappa shape index (κ2) is 6.12. The standard InChI is InChI=1S/C13H15N5O3/c1-9-4-3-5-11(12(9)18(20)21)13(19)16-10(2)6-17-8-14-7-15-17/h3-5,7-8,10H,6H2,1-2H3,(H,16,19). The Hall–Kier alpha value is -2.77. The molecule has 1 atom stereocenters. The lowest BCUT2D eigenvalue weighted by atomic mass is 10.1. The van der Waals surface area contributed by atoms with Gasteiger partial charge in [-0.2, -0.15) is 5.10 Å². The van der Waals surface area contributed by atoms with Crippen LogP contribution in [0.25, 0.3) is 0 Å². The van der Waals surface area contributed by atoms with Crippen LogP contribution in [-0.2, 0) is 6.54 Å². The van der Waals surface area contributed by atoms with Crippen LogP contribution in [0.3, 0.4) is 0 Å². The first-order valence-electron chi connectivity index (χ1n) is 6.36. The number of carbonyl (C=O) groups is 1. The molecule has 1 aromatic carbocycles. The van der Waals surface area contributed by atoms with E-state index in [1.807, 2.05) is 0 Å². The largest absolute Gasteiger partial charge is 0.347 e. The molecule has 1 amide bonds. The van der Waals surface area contributed by atoms with Gasteiger partial charge in [-0.1, -0.05) is 12.1 Å². The summed E-state index contributed by atoms with van der Waals surface area (Å²) in [5.41, 5.74) is 0.352. The van der Waals surface area contributed by atoms with Crippen LogP contribution in [0.1, 0.15) is 22.8 Å². The number of nitro benzene ring substituents is 1. The number of aromatic nitrogens is 3. The Balaban J connectivity index is 2.13. The van der Waals surface area contributed by atoms with E-state index in [2.05, 4.69) is 15.4 Å². The van der Waals surface area contributed by atoms with Gasteiger partial charge in [0.2, 0.25) is 0 Å². The fraction of sp³-hybridized carbons (Fsp3) is 0.308. The number of carbonyl (C=O) groups excluding carboxylic acids is 1. The van der Waals surface area contributed by atoms with E-state index >= 15 is 0 Å². The normalized spacial score (nSPS) is 11.9. The van der Waals surface area contributed by atoms with Crippen LogP contribution >= 0.6 is 0 Å². The Morgan fingerprint density at radius 2 is 2.29 bits per heavy atom. The van der Waals surface area contributed by atoms with Gasteiger partial charge in [-0.15, -0.1) is 0 Å². The Kier molecular flexibility index (Phi) is 4.27. The molecule has 1 unspecified atom stereocenters. The van der Waals surface area contributed by atoms with Gasteiger partial charge in [0.15, 0.2) is 0 Å². The van der Waals surface area contributed by atoms with E-state index in [-0.39, 0.29) is 17.3 Å². The van der Waals surface area contributed by atoms with Gasteiger partial charge < -0.3 is 5.32 Å². The molecule has 0 aliphatic heterocycles. The van der Waals surface area contributed by atoms with Crippen LogP contribution < -0.4 is 5.32 Å². The molecule has 1 aromatic heterocycles. The average molecular weight is 289 g/mol. The van der Waals surface area contributed by atoms with Crippen molar-refractivity contribution in [3.63, 3.8) is 0 Å². The first-order chi connectivity index (χ1) is 9.99. The Morgan fingerprint density at radius 3 is 2.90 bits per heavy atom. The third-order valence-electron chi connectivity index (χ3n) is 2.97. The maximum Gasteiger partial charge on any atom is 0.285 e. The van der Waals surface area contributed by atoms with Gasteiger partial charge in [-0.05, 0) is 19.9 Å². The van der Waals surface area contributed by atoms with Gasteiger partial charge >= 0.3 is 0 Å². The minimum absolute atomic E-state index is 0.0606. The molecule has 0 spiro atoms. The van der Waals surface area contributed by atoms with Crippen molar-refractivity contribution in [2.75, 3.05) is 0 Å². The zero-order valence-electron chi connectivity index (χ0n) is 11.7. The maximum atomic E-state index is 12.2. The van der Waals surface area contributed by atoms with Crippen molar-refractivity contribution >= 4 is 11.6 Å². The first kappa shape index (κ1) is 14.6. The summed E-state index contributed by atoms with van der Waals surface area (Å²) in [4.78, 5) is 26.6. The number of hydrogen-bond acceptors (Lipinski definition) is 5. The SMILES string of the molecule is Cc1cccc(C(=O)NC(C)Cn2cncn2)c1[N+](=O)[O-]. The van der Waals surface area contributed by atoms with E-state index in [0.717, 1.165) is 0 Å². The predicted molar refractivity (Wildman–Crippen MR) is 74.8 cm³/mol. The molecular formula is C13H15N5O3. The third-order valence-corrected chi connectivity index (χ3v) is 2.97. The van der Waals surface area contributed by atoms with Crippen molar-refractivity contribution in [2.45, 2.75) is 26.4 Å². The van der Waals surface area contributed by atoms with E-state index in [1.54, 1.807) is 30.7 Å². The third kappa shape index (κ3) is 3.41. The lowest BCUT2D eigenvalue weighted by molar-refractivity contribution is -0.385. The minimum Gasteiger partial charge on any atom is -0.347 e. The number of rotatable bonds is 5. The van der Waals surface area contributed by atoms with Crippen molar-refractivity contribution in [2.24, 2.45) is 0 Å². The highest BCUT2D eigenvalue weighted by atomic mass is 16.6. The van der Waals surface area contributed by atoms with Crippen molar-refractivity contribution in [1.82, 2.24) is 20.1 Å².